The van der Waals surface area contributed by atoms with E-state index in [0.29, 0.717) is 6.42 Å². The topological polar surface area (TPSA) is 63.6 Å². The molecule has 0 saturated carbocycles. The smallest absolute Gasteiger partial charge is 0.307 e. The van der Waals surface area contributed by atoms with Gasteiger partial charge in [0.15, 0.2) is 0 Å². The first-order valence-electron chi connectivity index (χ1n) is 13.3. The van der Waals surface area contributed by atoms with E-state index in [4.69, 9.17) is 4.74 Å². The Morgan fingerprint density at radius 1 is 0.781 bits per heavy atom. The van der Waals surface area contributed by atoms with Crippen LogP contribution in [0.15, 0.2) is 24.8 Å². The highest BCUT2D eigenvalue weighted by atomic mass is 16.5. The van der Waals surface area contributed by atoms with Crippen LogP contribution in [-0.4, -0.2) is 23.7 Å². The molecule has 0 heterocycles. The van der Waals surface area contributed by atoms with Crippen LogP contribution in [-0.2, 0) is 14.3 Å². The number of carboxylic acids is 1. The summed E-state index contributed by atoms with van der Waals surface area (Å²) in [5, 5.41) is 9.27. The van der Waals surface area contributed by atoms with Crippen molar-refractivity contribution in [3.05, 3.63) is 24.8 Å². The van der Waals surface area contributed by atoms with E-state index in [9.17, 15) is 14.7 Å². The quantitative estimate of drug-likeness (QED) is 0.0910. The van der Waals surface area contributed by atoms with Crippen molar-refractivity contribution in [2.45, 2.75) is 129 Å². The van der Waals surface area contributed by atoms with Crippen LogP contribution in [0.2, 0.25) is 0 Å². The van der Waals surface area contributed by atoms with E-state index in [2.05, 4.69) is 25.7 Å². The molecule has 0 aliphatic rings. The summed E-state index contributed by atoms with van der Waals surface area (Å²) in [4.78, 5) is 22.9. The van der Waals surface area contributed by atoms with Gasteiger partial charge in [-0.25, -0.2) is 0 Å². The van der Waals surface area contributed by atoms with Crippen molar-refractivity contribution in [2.75, 3.05) is 6.61 Å². The summed E-state index contributed by atoms with van der Waals surface area (Å²) in [5.74, 6) is -1.99. The Morgan fingerprint density at radius 3 is 1.72 bits per heavy atom. The van der Waals surface area contributed by atoms with Crippen LogP contribution >= 0.6 is 0 Å². The van der Waals surface area contributed by atoms with Gasteiger partial charge in [0.25, 0.3) is 0 Å². The summed E-state index contributed by atoms with van der Waals surface area (Å²) in [7, 11) is 0. The molecule has 0 radical (unpaired) electrons. The molecule has 32 heavy (non-hydrogen) atoms. The highest BCUT2D eigenvalue weighted by molar-refractivity contribution is 5.78. The third kappa shape index (κ3) is 21.6. The van der Waals surface area contributed by atoms with Gasteiger partial charge in [0, 0.05) is 0 Å². The van der Waals surface area contributed by atoms with Crippen LogP contribution in [0.1, 0.15) is 129 Å². The first kappa shape index (κ1) is 30.4. The minimum Gasteiger partial charge on any atom is -0.481 e. The first-order valence-corrected chi connectivity index (χ1v) is 13.3. The van der Waals surface area contributed by atoms with Gasteiger partial charge in [-0.2, -0.15) is 0 Å². The second-order valence-corrected chi connectivity index (χ2v) is 9.00. The summed E-state index contributed by atoms with van der Waals surface area (Å²) >= 11 is 0. The number of hydrogen-bond acceptors (Lipinski definition) is 3. The number of carboxylic acid groups (broad SMARTS) is 1. The van der Waals surface area contributed by atoms with Gasteiger partial charge in [0.05, 0.1) is 12.3 Å². The lowest BCUT2D eigenvalue weighted by atomic mass is 9.97. The Balaban J connectivity index is 3.42. The average Bonchev–Trinajstić information content (AvgIpc) is 2.78. The van der Waals surface area contributed by atoms with Crippen molar-refractivity contribution in [1.29, 1.82) is 0 Å². The molecule has 0 bridgehead atoms. The van der Waals surface area contributed by atoms with Gasteiger partial charge in [0.1, 0.15) is 6.61 Å². The first-order chi connectivity index (χ1) is 15.6. The van der Waals surface area contributed by atoms with Gasteiger partial charge >= 0.3 is 11.9 Å². The molecule has 0 aliphatic heterocycles. The number of esters is 1. The Kier molecular flexibility index (Phi) is 22.9. The van der Waals surface area contributed by atoms with E-state index < -0.39 is 17.9 Å². The Hall–Kier alpha value is -1.58. The molecule has 1 N–H and O–H groups in total. The lowest BCUT2D eigenvalue weighted by Crippen LogP contribution is -2.19. The molecule has 0 aliphatic carbocycles. The van der Waals surface area contributed by atoms with Crippen molar-refractivity contribution in [3.8, 4) is 0 Å². The standard InChI is InChI=1S/C28H50O4/c1-3-5-6-7-8-9-10-11-12-13-14-15-16-17-18-19-20-21-22-23-26(28(30)31)25-27(29)32-24-4-2/h4,9-10,26H,2-3,5-8,11-25H2,1H3,(H,30,31)/b10-9+. The van der Waals surface area contributed by atoms with Gasteiger partial charge in [-0.15, -0.1) is 0 Å². The summed E-state index contributed by atoms with van der Waals surface area (Å²) in [6, 6.07) is 0. The monoisotopic (exact) mass is 450 g/mol. The lowest BCUT2D eigenvalue weighted by Gasteiger charge is -2.11. The van der Waals surface area contributed by atoms with Crippen molar-refractivity contribution >= 4 is 11.9 Å². The Labute approximate surface area is 197 Å². The SMILES string of the molecule is C=CCOC(=O)CC(CCCCCCCCCCCCC/C=C/CCCCCC)C(=O)O. The van der Waals surface area contributed by atoms with Crippen LogP contribution < -0.4 is 0 Å². The molecule has 0 saturated heterocycles. The third-order valence-electron chi connectivity index (χ3n) is 5.94. The highest BCUT2D eigenvalue weighted by Crippen LogP contribution is 2.17. The molecule has 4 nitrogen and oxygen atoms in total. The minimum atomic E-state index is -0.904. The van der Waals surface area contributed by atoms with Crippen LogP contribution in [0.3, 0.4) is 0 Å². The zero-order chi connectivity index (χ0) is 23.7. The number of aliphatic carboxylic acids is 1. The molecular weight excluding hydrogens is 400 g/mol. The van der Waals surface area contributed by atoms with Crippen molar-refractivity contribution in [2.24, 2.45) is 5.92 Å². The zero-order valence-corrected chi connectivity index (χ0v) is 20.8. The van der Waals surface area contributed by atoms with Gasteiger partial charge in [-0.1, -0.05) is 115 Å². The molecule has 0 fully saturated rings. The molecule has 0 aromatic rings. The van der Waals surface area contributed by atoms with Crippen LogP contribution in [0.5, 0.6) is 0 Å². The molecule has 0 aromatic carbocycles. The number of allylic oxidation sites excluding steroid dienone is 2. The molecule has 4 heteroatoms. The number of carbonyl (C=O) groups is 2. The van der Waals surface area contributed by atoms with Gasteiger partial charge in [0.2, 0.25) is 0 Å². The molecule has 1 atom stereocenters. The normalized spacial score (nSPS) is 12.2. The molecule has 0 spiro atoms. The Morgan fingerprint density at radius 2 is 1.25 bits per heavy atom. The molecule has 0 amide bonds. The minimum absolute atomic E-state index is 0.0431. The third-order valence-corrected chi connectivity index (χ3v) is 5.94. The summed E-state index contributed by atoms with van der Waals surface area (Å²) in [5.41, 5.74) is 0. The van der Waals surface area contributed by atoms with E-state index in [-0.39, 0.29) is 13.0 Å². The van der Waals surface area contributed by atoms with Gasteiger partial charge in [-0.3, -0.25) is 9.59 Å². The largest absolute Gasteiger partial charge is 0.481 e. The fourth-order valence-electron chi connectivity index (χ4n) is 3.89. The molecule has 1 unspecified atom stereocenters. The maximum atomic E-state index is 11.6. The van der Waals surface area contributed by atoms with E-state index in [1.54, 1.807) is 0 Å². The molecule has 0 rings (SSSR count). The average molecular weight is 451 g/mol. The molecular formula is C28H50O4. The number of rotatable bonds is 24. The van der Waals surface area contributed by atoms with Crippen LogP contribution in [0.25, 0.3) is 0 Å². The second-order valence-electron chi connectivity index (χ2n) is 9.00. The predicted octanol–water partition coefficient (Wildman–Crippen LogP) is 8.40. The fraction of sp³-hybridized carbons (Fsp3) is 0.786. The van der Waals surface area contributed by atoms with E-state index in [1.807, 2.05) is 0 Å². The predicted molar refractivity (Wildman–Crippen MR) is 135 cm³/mol. The van der Waals surface area contributed by atoms with E-state index >= 15 is 0 Å². The molecule has 0 aromatic heterocycles. The van der Waals surface area contributed by atoms with Crippen molar-refractivity contribution in [1.82, 2.24) is 0 Å². The van der Waals surface area contributed by atoms with Crippen molar-refractivity contribution in [3.63, 3.8) is 0 Å². The number of ether oxygens (including phenoxy) is 1. The fourth-order valence-corrected chi connectivity index (χ4v) is 3.89. The van der Waals surface area contributed by atoms with E-state index in [1.165, 1.54) is 96.0 Å². The second kappa shape index (κ2) is 24.1. The lowest BCUT2D eigenvalue weighted by molar-refractivity contribution is -0.151. The maximum Gasteiger partial charge on any atom is 0.307 e. The Bertz CT molecular complexity index is 484. The van der Waals surface area contributed by atoms with Crippen molar-refractivity contribution < 1.29 is 19.4 Å². The summed E-state index contributed by atoms with van der Waals surface area (Å²) in [6.45, 7) is 5.88. The number of hydrogen-bond donors (Lipinski definition) is 1. The van der Waals surface area contributed by atoms with Gasteiger partial charge in [-0.05, 0) is 32.1 Å². The van der Waals surface area contributed by atoms with Crippen LogP contribution in [0, 0.1) is 5.92 Å². The highest BCUT2D eigenvalue weighted by Gasteiger charge is 2.21. The zero-order valence-electron chi connectivity index (χ0n) is 20.8. The van der Waals surface area contributed by atoms with Gasteiger partial charge < -0.3 is 9.84 Å². The number of carbonyl (C=O) groups excluding carboxylic acids is 1. The number of unbranched alkanes of at least 4 members (excludes halogenated alkanes) is 15. The van der Waals surface area contributed by atoms with Crippen LogP contribution in [0.4, 0.5) is 0 Å². The summed E-state index contributed by atoms with van der Waals surface area (Å²) < 4.78 is 4.89. The molecule has 186 valence electrons. The summed E-state index contributed by atoms with van der Waals surface area (Å²) in [6.07, 6.45) is 28.2. The maximum absolute atomic E-state index is 11.6. The van der Waals surface area contributed by atoms with E-state index in [0.717, 1.165) is 19.3 Å².